The van der Waals surface area contributed by atoms with E-state index in [2.05, 4.69) is 49.5 Å². The van der Waals surface area contributed by atoms with Gasteiger partial charge >= 0.3 is 0 Å². The molecule has 4 nitrogen and oxygen atoms in total. The topological polar surface area (TPSA) is 46.9 Å². The van der Waals surface area contributed by atoms with Gasteiger partial charge in [-0.05, 0) is 41.3 Å². The Morgan fingerprint density at radius 1 is 1.17 bits per heavy atom. The number of nitrogens with one attached hydrogen (secondary N) is 1. The second kappa shape index (κ2) is 9.05. The number of pyridine rings is 1. The average Bonchev–Trinajstić information content (AvgIpc) is 3.06. The molecule has 0 bridgehead atoms. The number of halogens is 1. The van der Waals surface area contributed by atoms with E-state index in [4.69, 9.17) is 11.6 Å². The minimum absolute atomic E-state index is 0.0863. The first-order valence-electron chi connectivity index (χ1n) is 10.3. The predicted molar refractivity (Wildman–Crippen MR) is 124 cm³/mol. The van der Waals surface area contributed by atoms with E-state index in [1.807, 2.05) is 42.5 Å². The normalized spacial score (nSPS) is 11.7. The summed E-state index contributed by atoms with van der Waals surface area (Å²) in [6.07, 6.45) is 3.50. The summed E-state index contributed by atoms with van der Waals surface area (Å²) in [6.45, 7) is 12.2. The average molecular weight is 424 g/mol. The summed E-state index contributed by atoms with van der Waals surface area (Å²) >= 11 is 6.13. The summed E-state index contributed by atoms with van der Waals surface area (Å²) in [5, 5.41) is 3.74. The van der Waals surface area contributed by atoms with Crippen LogP contribution >= 0.6 is 11.6 Å². The Morgan fingerprint density at radius 3 is 2.43 bits per heavy atom. The van der Waals surface area contributed by atoms with Crippen LogP contribution in [0.1, 0.15) is 56.2 Å². The van der Waals surface area contributed by atoms with Gasteiger partial charge in [0.15, 0.2) is 0 Å². The van der Waals surface area contributed by atoms with Crippen LogP contribution in [0.2, 0.25) is 5.02 Å². The van der Waals surface area contributed by atoms with Gasteiger partial charge in [0.1, 0.15) is 0 Å². The molecule has 0 radical (unpaired) electrons. The zero-order valence-corrected chi connectivity index (χ0v) is 19.1. The van der Waals surface area contributed by atoms with Gasteiger partial charge in [0.05, 0.1) is 11.3 Å². The van der Waals surface area contributed by atoms with Gasteiger partial charge in [-0.15, -0.1) is 0 Å². The largest absolute Gasteiger partial charge is 0.348 e. The molecule has 1 N–H and O–H groups in total. The van der Waals surface area contributed by atoms with Crippen LogP contribution in [0.15, 0.2) is 54.9 Å². The number of carbonyl (C=O) groups excluding carboxylic acids is 1. The zero-order valence-electron chi connectivity index (χ0n) is 18.4. The van der Waals surface area contributed by atoms with E-state index in [1.54, 1.807) is 12.4 Å². The first kappa shape index (κ1) is 22.1. The highest BCUT2D eigenvalue weighted by molar-refractivity contribution is 6.30. The van der Waals surface area contributed by atoms with E-state index in [0.717, 1.165) is 29.1 Å². The van der Waals surface area contributed by atoms with Crippen LogP contribution in [0.5, 0.6) is 0 Å². The van der Waals surface area contributed by atoms with Gasteiger partial charge in [0.2, 0.25) is 0 Å². The molecule has 0 aliphatic carbocycles. The molecule has 0 fully saturated rings. The smallest absolute Gasteiger partial charge is 0.253 e. The summed E-state index contributed by atoms with van der Waals surface area (Å²) in [6, 6.07) is 13.6. The quantitative estimate of drug-likeness (QED) is 0.521. The molecular formula is C25H30ClN3O. The molecule has 0 spiro atoms. The SMILES string of the molecule is CC(C)Cn1c(C(C)(C)C)cc(C(=O)NCc2cccnc2)c1-c1ccc(Cl)cc1. The fraction of sp³-hybridized carbons (Fsp3) is 0.360. The van der Waals surface area contributed by atoms with E-state index >= 15 is 0 Å². The number of nitrogens with zero attached hydrogens (tertiary/aromatic N) is 2. The van der Waals surface area contributed by atoms with Crippen LogP contribution in [0.25, 0.3) is 11.3 Å². The molecule has 5 heteroatoms. The number of rotatable bonds is 6. The summed E-state index contributed by atoms with van der Waals surface area (Å²) < 4.78 is 2.30. The number of hydrogen-bond donors (Lipinski definition) is 1. The lowest BCUT2D eigenvalue weighted by Crippen LogP contribution is -2.23. The highest BCUT2D eigenvalue weighted by Gasteiger charge is 2.27. The van der Waals surface area contributed by atoms with Crippen molar-refractivity contribution < 1.29 is 4.79 Å². The Kier molecular flexibility index (Phi) is 6.67. The summed E-state index contributed by atoms with van der Waals surface area (Å²) in [4.78, 5) is 17.4. The minimum atomic E-state index is -0.0993. The molecule has 158 valence electrons. The standard InChI is InChI=1S/C25H30ClN3O/c1-17(2)16-29-22(25(3,4)5)13-21(23(29)19-8-10-20(26)11-9-19)24(30)28-15-18-7-6-12-27-14-18/h6-14,17H,15-16H2,1-5H3,(H,28,30). The van der Waals surface area contributed by atoms with Crippen molar-refractivity contribution in [1.29, 1.82) is 0 Å². The molecule has 1 aromatic carbocycles. The minimum Gasteiger partial charge on any atom is -0.348 e. The van der Waals surface area contributed by atoms with Gasteiger partial charge in [-0.1, -0.05) is 64.4 Å². The van der Waals surface area contributed by atoms with Crippen molar-refractivity contribution in [3.63, 3.8) is 0 Å². The summed E-state index contributed by atoms with van der Waals surface area (Å²) in [5.74, 6) is 0.354. The van der Waals surface area contributed by atoms with Crippen molar-refractivity contribution in [2.24, 2.45) is 5.92 Å². The maximum Gasteiger partial charge on any atom is 0.253 e. The molecule has 0 atom stereocenters. The van der Waals surface area contributed by atoms with E-state index in [1.165, 1.54) is 0 Å². The lowest BCUT2D eigenvalue weighted by atomic mass is 9.91. The van der Waals surface area contributed by atoms with E-state index in [0.29, 0.717) is 23.0 Å². The number of amides is 1. The second-order valence-corrected chi connectivity index (χ2v) is 9.53. The van der Waals surface area contributed by atoms with E-state index in [9.17, 15) is 4.79 Å². The van der Waals surface area contributed by atoms with Gasteiger partial charge in [-0.25, -0.2) is 0 Å². The van der Waals surface area contributed by atoms with Gasteiger partial charge in [0.25, 0.3) is 5.91 Å². The lowest BCUT2D eigenvalue weighted by molar-refractivity contribution is 0.0951. The molecule has 0 saturated heterocycles. The third kappa shape index (κ3) is 5.11. The monoisotopic (exact) mass is 423 g/mol. The van der Waals surface area contributed by atoms with E-state index < -0.39 is 0 Å². The van der Waals surface area contributed by atoms with Crippen molar-refractivity contribution >= 4 is 17.5 Å². The third-order valence-electron chi connectivity index (χ3n) is 4.95. The van der Waals surface area contributed by atoms with Crippen molar-refractivity contribution in [2.45, 2.75) is 53.1 Å². The second-order valence-electron chi connectivity index (χ2n) is 9.10. The van der Waals surface area contributed by atoms with Crippen molar-refractivity contribution in [3.05, 3.63) is 76.7 Å². The first-order chi connectivity index (χ1) is 14.2. The van der Waals surface area contributed by atoms with E-state index in [-0.39, 0.29) is 11.3 Å². The molecule has 0 aliphatic rings. The Morgan fingerprint density at radius 2 is 1.87 bits per heavy atom. The first-order valence-corrected chi connectivity index (χ1v) is 10.7. The van der Waals surface area contributed by atoms with Gasteiger partial charge in [-0.2, -0.15) is 0 Å². The Bertz CT molecular complexity index is 999. The molecule has 0 aliphatic heterocycles. The number of carbonyl (C=O) groups is 1. The van der Waals surface area contributed by atoms with Crippen LogP contribution < -0.4 is 5.32 Å². The fourth-order valence-electron chi connectivity index (χ4n) is 3.60. The van der Waals surface area contributed by atoms with Gasteiger partial charge < -0.3 is 9.88 Å². The maximum absolute atomic E-state index is 13.3. The lowest BCUT2D eigenvalue weighted by Gasteiger charge is -2.24. The van der Waals surface area contributed by atoms with Gasteiger partial charge in [-0.3, -0.25) is 9.78 Å². The van der Waals surface area contributed by atoms with Crippen LogP contribution in [-0.2, 0) is 18.5 Å². The molecule has 0 unspecified atom stereocenters. The molecule has 30 heavy (non-hydrogen) atoms. The number of aromatic nitrogens is 2. The Labute approximate surface area is 184 Å². The summed E-state index contributed by atoms with van der Waals surface area (Å²) in [5.41, 5.74) is 4.63. The van der Waals surface area contributed by atoms with Crippen molar-refractivity contribution in [1.82, 2.24) is 14.9 Å². The van der Waals surface area contributed by atoms with Crippen LogP contribution in [0.4, 0.5) is 0 Å². The number of hydrogen-bond acceptors (Lipinski definition) is 2. The third-order valence-corrected chi connectivity index (χ3v) is 5.20. The van der Waals surface area contributed by atoms with Crippen LogP contribution in [-0.4, -0.2) is 15.5 Å². The van der Waals surface area contributed by atoms with Crippen LogP contribution in [0.3, 0.4) is 0 Å². The molecule has 2 heterocycles. The summed E-state index contributed by atoms with van der Waals surface area (Å²) in [7, 11) is 0. The maximum atomic E-state index is 13.3. The fourth-order valence-corrected chi connectivity index (χ4v) is 3.72. The Hall–Kier alpha value is -2.59. The van der Waals surface area contributed by atoms with Crippen molar-refractivity contribution in [3.8, 4) is 11.3 Å². The van der Waals surface area contributed by atoms with Crippen LogP contribution in [0, 0.1) is 5.92 Å². The molecule has 2 aromatic heterocycles. The highest BCUT2D eigenvalue weighted by atomic mass is 35.5. The molecule has 3 rings (SSSR count). The predicted octanol–water partition coefficient (Wildman–Crippen LogP) is 6.09. The molecular weight excluding hydrogens is 394 g/mol. The molecule has 3 aromatic rings. The molecule has 1 amide bonds. The Balaban J connectivity index is 2.09. The zero-order chi connectivity index (χ0) is 21.9. The van der Waals surface area contributed by atoms with Crippen molar-refractivity contribution in [2.75, 3.05) is 0 Å². The van der Waals surface area contributed by atoms with Gasteiger partial charge in [0, 0.05) is 41.6 Å². The molecule has 0 saturated carbocycles. The highest BCUT2D eigenvalue weighted by Crippen LogP contribution is 2.35. The number of benzene rings is 1.